The molecule has 0 N–H and O–H groups in total. The summed E-state index contributed by atoms with van der Waals surface area (Å²) in [6.45, 7) is 0.0279. The summed E-state index contributed by atoms with van der Waals surface area (Å²) in [5.74, 6) is -1.01. The fourth-order valence-electron chi connectivity index (χ4n) is 2.25. The topological polar surface area (TPSA) is 80.8 Å². The zero-order valence-electron chi connectivity index (χ0n) is 15.3. The van der Waals surface area contributed by atoms with Crippen molar-refractivity contribution in [3.8, 4) is 0 Å². The molecule has 0 fully saturated rings. The van der Waals surface area contributed by atoms with E-state index in [2.05, 4.69) is 0 Å². The van der Waals surface area contributed by atoms with Crippen LogP contribution in [0.15, 0.2) is 58.3 Å². The summed E-state index contributed by atoms with van der Waals surface area (Å²) in [6, 6.07) is 13.3. The van der Waals surface area contributed by atoms with Crippen molar-refractivity contribution >= 4 is 33.5 Å². The number of carbonyl (C=O) groups excluding carboxylic acids is 2. The molecule has 0 aliphatic rings. The normalized spacial score (nSPS) is 11.1. The first-order chi connectivity index (χ1) is 12.7. The molecule has 2 aromatic rings. The minimum atomic E-state index is -3.33. The molecule has 0 aliphatic carbocycles. The van der Waals surface area contributed by atoms with Crippen LogP contribution in [0.5, 0.6) is 0 Å². The second-order valence-electron chi connectivity index (χ2n) is 5.97. The molecule has 2 rings (SSSR count). The third kappa shape index (κ3) is 6.11. The van der Waals surface area contributed by atoms with Gasteiger partial charge >= 0.3 is 5.97 Å². The Bertz CT molecular complexity index is 906. The molecule has 0 unspecified atom stereocenters. The first-order valence-electron chi connectivity index (χ1n) is 8.05. The van der Waals surface area contributed by atoms with Crippen molar-refractivity contribution in [1.82, 2.24) is 4.90 Å². The van der Waals surface area contributed by atoms with Crippen molar-refractivity contribution in [3.05, 3.63) is 59.7 Å². The van der Waals surface area contributed by atoms with Gasteiger partial charge in [-0.15, -0.1) is 11.8 Å². The fraction of sp³-hybridized carbons (Fsp3) is 0.263. The second-order valence-corrected chi connectivity index (χ2v) is 8.87. The highest BCUT2D eigenvalue weighted by Gasteiger charge is 2.15. The predicted octanol–water partition coefficient (Wildman–Crippen LogP) is 2.63. The van der Waals surface area contributed by atoms with Gasteiger partial charge in [0.2, 0.25) is 0 Å². The van der Waals surface area contributed by atoms with E-state index in [1.165, 1.54) is 29.2 Å². The largest absolute Gasteiger partial charge is 0.452 e. The third-order valence-electron chi connectivity index (χ3n) is 3.85. The molecule has 0 bridgehead atoms. The smallest absolute Gasteiger partial charge is 0.338 e. The molecule has 0 saturated heterocycles. The van der Waals surface area contributed by atoms with Gasteiger partial charge in [0.15, 0.2) is 16.4 Å². The molecular weight excluding hydrogens is 386 g/mol. The lowest BCUT2D eigenvalue weighted by Crippen LogP contribution is -2.30. The number of rotatable bonds is 7. The first-order valence-corrected chi connectivity index (χ1v) is 11.2. The molecule has 27 heavy (non-hydrogen) atoms. The molecule has 1 amide bonds. The number of thioether (sulfide) groups is 1. The quantitative estimate of drug-likeness (QED) is 0.518. The lowest BCUT2D eigenvalue weighted by molar-refractivity contribution is -0.133. The summed E-state index contributed by atoms with van der Waals surface area (Å²) in [6.07, 6.45) is 3.08. The number of likely N-dealkylation sites (N-methyl/N-ethyl adjacent to an activating group) is 1. The molecular formula is C19H21NO5S2. The van der Waals surface area contributed by atoms with Crippen LogP contribution in [0.4, 0.5) is 0 Å². The van der Waals surface area contributed by atoms with E-state index < -0.39 is 15.8 Å². The van der Waals surface area contributed by atoms with E-state index in [-0.39, 0.29) is 23.0 Å². The Morgan fingerprint density at radius 1 is 1.04 bits per heavy atom. The zero-order chi connectivity index (χ0) is 20.0. The maximum atomic E-state index is 12.2. The van der Waals surface area contributed by atoms with Crippen LogP contribution in [0.3, 0.4) is 0 Å². The van der Waals surface area contributed by atoms with Gasteiger partial charge in [-0.2, -0.15) is 0 Å². The Hall–Kier alpha value is -2.32. The Morgan fingerprint density at radius 2 is 1.63 bits per heavy atom. The third-order valence-corrected chi connectivity index (χ3v) is 5.72. The first kappa shape index (κ1) is 21.0. The highest BCUT2D eigenvalue weighted by Crippen LogP contribution is 2.16. The molecule has 2 aromatic carbocycles. The van der Waals surface area contributed by atoms with E-state index in [0.29, 0.717) is 6.54 Å². The van der Waals surface area contributed by atoms with Gasteiger partial charge in [-0.05, 0) is 48.2 Å². The van der Waals surface area contributed by atoms with Crippen LogP contribution in [0.25, 0.3) is 0 Å². The van der Waals surface area contributed by atoms with E-state index >= 15 is 0 Å². The number of nitrogens with zero attached hydrogens (tertiary/aromatic N) is 1. The van der Waals surface area contributed by atoms with Crippen LogP contribution in [0.1, 0.15) is 15.9 Å². The van der Waals surface area contributed by atoms with Gasteiger partial charge in [0.05, 0.1) is 10.5 Å². The maximum absolute atomic E-state index is 12.2. The number of carbonyl (C=O) groups is 2. The van der Waals surface area contributed by atoms with Crippen LogP contribution in [-0.4, -0.2) is 51.4 Å². The number of hydrogen-bond donors (Lipinski definition) is 0. The van der Waals surface area contributed by atoms with Crippen molar-refractivity contribution in [2.24, 2.45) is 0 Å². The Morgan fingerprint density at radius 3 is 2.15 bits per heavy atom. The Balaban J connectivity index is 1.88. The van der Waals surface area contributed by atoms with Crippen LogP contribution in [-0.2, 0) is 25.9 Å². The number of benzene rings is 2. The maximum Gasteiger partial charge on any atom is 0.338 e. The van der Waals surface area contributed by atoms with Crippen molar-refractivity contribution in [2.75, 3.05) is 26.2 Å². The van der Waals surface area contributed by atoms with Crippen LogP contribution >= 0.6 is 11.8 Å². The molecule has 0 heterocycles. The molecule has 0 aliphatic heterocycles. The predicted molar refractivity (Wildman–Crippen MR) is 105 cm³/mol. The highest BCUT2D eigenvalue weighted by molar-refractivity contribution is 7.98. The molecule has 0 spiro atoms. The van der Waals surface area contributed by atoms with E-state index in [4.69, 9.17) is 4.74 Å². The molecule has 0 atom stereocenters. The highest BCUT2D eigenvalue weighted by atomic mass is 32.2. The average molecular weight is 408 g/mol. The molecule has 144 valence electrons. The van der Waals surface area contributed by atoms with Crippen molar-refractivity contribution in [3.63, 3.8) is 0 Å². The van der Waals surface area contributed by atoms with E-state index in [1.807, 2.05) is 30.5 Å². The molecule has 0 aromatic heterocycles. The van der Waals surface area contributed by atoms with Crippen LogP contribution < -0.4 is 0 Å². The average Bonchev–Trinajstić information content (AvgIpc) is 2.65. The summed E-state index contributed by atoms with van der Waals surface area (Å²) in [7, 11) is -1.69. The summed E-state index contributed by atoms with van der Waals surface area (Å²) in [5, 5.41) is 0. The summed E-state index contributed by atoms with van der Waals surface area (Å²) in [4.78, 5) is 26.9. The van der Waals surface area contributed by atoms with Gasteiger partial charge in [0, 0.05) is 24.7 Å². The zero-order valence-corrected chi connectivity index (χ0v) is 17.0. The Kier molecular flexibility index (Phi) is 7.04. The van der Waals surface area contributed by atoms with Gasteiger partial charge in [-0.1, -0.05) is 12.1 Å². The number of amides is 1. The SMILES string of the molecule is CSc1ccc(CN(C)C(=O)COC(=O)c2ccc(S(C)(=O)=O)cc2)cc1. The van der Waals surface area contributed by atoms with Crippen molar-refractivity contribution < 1.29 is 22.7 Å². The minimum absolute atomic E-state index is 0.113. The van der Waals surface area contributed by atoms with Crippen LogP contribution in [0.2, 0.25) is 0 Å². The van der Waals surface area contributed by atoms with Gasteiger partial charge < -0.3 is 9.64 Å². The van der Waals surface area contributed by atoms with Gasteiger partial charge in [0.25, 0.3) is 5.91 Å². The molecule has 6 nitrogen and oxygen atoms in total. The fourth-order valence-corrected chi connectivity index (χ4v) is 3.29. The molecule has 0 radical (unpaired) electrons. The number of esters is 1. The van der Waals surface area contributed by atoms with Crippen LogP contribution in [0, 0.1) is 0 Å². The monoisotopic (exact) mass is 407 g/mol. The minimum Gasteiger partial charge on any atom is -0.452 e. The summed E-state index contributed by atoms with van der Waals surface area (Å²) >= 11 is 1.64. The van der Waals surface area contributed by atoms with Gasteiger partial charge in [0.1, 0.15) is 0 Å². The number of ether oxygens (including phenoxy) is 1. The van der Waals surface area contributed by atoms with E-state index in [0.717, 1.165) is 16.7 Å². The lowest BCUT2D eigenvalue weighted by atomic mass is 10.2. The van der Waals surface area contributed by atoms with E-state index in [9.17, 15) is 18.0 Å². The van der Waals surface area contributed by atoms with E-state index in [1.54, 1.807) is 18.8 Å². The number of hydrogen-bond acceptors (Lipinski definition) is 6. The molecule has 8 heteroatoms. The van der Waals surface area contributed by atoms with Gasteiger partial charge in [-0.25, -0.2) is 13.2 Å². The summed E-state index contributed by atoms with van der Waals surface area (Å²) in [5.41, 5.74) is 1.16. The van der Waals surface area contributed by atoms with Crippen molar-refractivity contribution in [2.45, 2.75) is 16.3 Å². The molecule has 0 saturated carbocycles. The second kappa shape index (κ2) is 9.05. The standard InChI is InChI=1S/C19H21NO5S2/c1-20(12-14-4-8-16(26-2)9-5-14)18(21)13-25-19(22)15-6-10-17(11-7-15)27(3,23)24/h4-11H,12-13H2,1-3H3. The Labute approximate surface area is 163 Å². The lowest BCUT2D eigenvalue weighted by Gasteiger charge is -2.17. The van der Waals surface area contributed by atoms with Gasteiger partial charge in [-0.3, -0.25) is 4.79 Å². The van der Waals surface area contributed by atoms with Crippen molar-refractivity contribution in [1.29, 1.82) is 0 Å². The number of sulfone groups is 1. The summed E-state index contributed by atoms with van der Waals surface area (Å²) < 4.78 is 27.9.